The lowest BCUT2D eigenvalue weighted by molar-refractivity contribution is 0.327. The maximum absolute atomic E-state index is 5.62. The number of hydrogen-bond donors (Lipinski definition) is 3. The van der Waals surface area contributed by atoms with Crippen LogP contribution in [0.5, 0.6) is 0 Å². The van der Waals surface area contributed by atoms with Gasteiger partial charge in [-0.1, -0.05) is 19.3 Å². The van der Waals surface area contributed by atoms with E-state index in [4.69, 9.17) is 10.9 Å². The summed E-state index contributed by atoms with van der Waals surface area (Å²) in [6, 6.07) is 2.63. The van der Waals surface area contributed by atoms with E-state index < -0.39 is 0 Å². The predicted molar refractivity (Wildman–Crippen MR) is 76.7 cm³/mol. The zero-order chi connectivity index (χ0) is 13.8. The van der Waals surface area contributed by atoms with E-state index in [1.165, 1.54) is 32.1 Å². The Morgan fingerprint density at radius 2 is 2.25 bits per heavy atom. The van der Waals surface area contributed by atoms with Crippen LogP contribution in [0.25, 0.3) is 0 Å². The molecule has 1 aliphatic rings. The quantitative estimate of drug-likeness (QED) is 0.574. The fourth-order valence-electron chi connectivity index (χ4n) is 2.95. The number of aromatic amines is 1. The van der Waals surface area contributed by atoms with Crippen LogP contribution >= 0.6 is 0 Å². The third-order valence-corrected chi connectivity index (χ3v) is 4.08. The topological polar surface area (TPSA) is 84.5 Å². The van der Waals surface area contributed by atoms with Crippen molar-refractivity contribution in [3.05, 3.63) is 36.2 Å². The minimum absolute atomic E-state index is 0.0281. The summed E-state index contributed by atoms with van der Waals surface area (Å²) in [6.45, 7) is 0. The van der Waals surface area contributed by atoms with Gasteiger partial charge in [0, 0.05) is 25.0 Å². The van der Waals surface area contributed by atoms with Gasteiger partial charge in [0.2, 0.25) is 0 Å². The van der Waals surface area contributed by atoms with Gasteiger partial charge >= 0.3 is 0 Å². The molecular weight excluding hydrogens is 252 g/mol. The lowest BCUT2D eigenvalue weighted by atomic mass is 9.96. The van der Waals surface area contributed by atoms with Crippen LogP contribution in [0.3, 0.4) is 0 Å². The molecule has 2 aromatic rings. The molecule has 6 heteroatoms. The number of H-pyrrole nitrogens is 1. The maximum atomic E-state index is 5.62. The highest BCUT2D eigenvalue weighted by Gasteiger charge is 2.18. The van der Waals surface area contributed by atoms with Crippen molar-refractivity contribution in [3.8, 4) is 0 Å². The van der Waals surface area contributed by atoms with Crippen molar-refractivity contribution < 1.29 is 0 Å². The first-order valence-corrected chi connectivity index (χ1v) is 7.36. The van der Waals surface area contributed by atoms with Crippen LogP contribution in [0, 0.1) is 0 Å². The van der Waals surface area contributed by atoms with Gasteiger partial charge in [-0.3, -0.25) is 10.5 Å². The monoisotopic (exact) mass is 274 g/mol. The second-order valence-electron chi connectivity index (χ2n) is 5.48. The number of hydrogen-bond acceptors (Lipinski definition) is 4. The fraction of sp³-hybridized carbons (Fsp3) is 0.571. The summed E-state index contributed by atoms with van der Waals surface area (Å²) in [5.74, 6) is 6.46. The van der Waals surface area contributed by atoms with Crippen LogP contribution in [0.1, 0.15) is 55.7 Å². The molecule has 2 heterocycles. The van der Waals surface area contributed by atoms with E-state index in [-0.39, 0.29) is 6.04 Å². The Morgan fingerprint density at radius 3 is 2.95 bits per heavy atom. The molecule has 1 aliphatic carbocycles. The van der Waals surface area contributed by atoms with Gasteiger partial charge in [-0.05, 0) is 18.9 Å². The molecule has 1 unspecified atom stereocenters. The van der Waals surface area contributed by atoms with Crippen molar-refractivity contribution in [2.45, 2.75) is 50.6 Å². The number of nitrogens with one attached hydrogen (secondary N) is 2. The summed E-state index contributed by atoms with van der Waals surface area (Å²) in [5, 5.41) is 4.71. The van der Waals surface area contributed by atoms with Crippen LogP contribution in [0.15, 0.2) is 24.7 Å². The Hall–Kier alpha value is -1.66. The number of imidazole rings is 1. The van der Waals surface area contributed by atoms with Gasteiger partial charge in [-0.25, -0.2) is 10.4 Å². The van der Waals surface area contributed by atoms with Crippen molar-refractivity contribution in [3.63, 3.8) is 0 Å². The van der Waals surface area contributed by atoms with Crippen molar-refractivity contribution in [1.29, 1.82) is 0 Å². The molecule has 0 bridgehead atoms. The first-order valence-electron chi connectivity index (χ1n) is 7.36. The lowest BCUT2D eigenvalue weighted by Gasteiger charge is -2.21. The molecule has 0 aliphatic heterocycles. The highest BCUT2D eigenvalue weighted by molar-refractivity contribution is 5.06. The van der Waals surface area contributed by atoms with Gasteiger partial charge in [0.25, 0.3) is 0 Å². The van der Waals surface area contributed by atoms with Crippen LogP contribution < -0.4 is 11.3 Å². The summed E-state index contributed by atoms with van der Waals surface area (Å²) < 4.78 is 2.13. The Bertz CT molecular complexity index is 512. The number of hydrazine groups is 1. The van der Waals surface area contributed by atoms with E-state index in [1.54, 1.807) is 12.4 Å². The minimum Gasteiger partial charge on any atom is -0.347 e. The third kappa shape index (κ3) is 2.91. The van der Waals surface area contributed by atoms with Crippen LogP contribution in [-0.4, -0.2) is 19.7 Å². The number of nitrogens with two attached hydrogens (primary N) is 1. The average molecular weight is 274 g/mol. The molecule has 0 radical (unpaired) electrons. The molecule has 0 saturated heterocycles. The SMILES string of the molecule is NNC(Cc1ccn(C2CCCCC2)n1)c1ncc[nH]1. The average Bonchev–Trinajstić information content (AvgIpc) is 3.17. The number of aromatic nitrogens is 4. The predicted octanol–water partition coefficient (Wildman–Crippen LogP) is 1.86. The molecule has 0 amide bonds. The van der Waals surface area contributed by atoms with E-state index in [0.717, 1.165) is 17.9 Å². The second kappa shape index (κ2) is 6.19. The molecule has 1 fully saturated rings. The normalized spacial score (nSPS) is 18.2. The van der Waals surface area contributed by atoms with Gasteiger partial charge in [0.15, 0.2) is 0 Å². The molecule has 3 rings (SSSR count). The van der Waals surface area contributed by atoms with Crippen LogP contribution in [0.2, 0.25) is 0 Å². The lowest BCUT2D eigenvalue weighted by Crippen LogP contribution is -2.30. The number of rotatable bonds is 5. The van der Waals surface area contributed by atoms with E-state index in [0.29, 0.717) is 6.04 Å². The van der Waals surface area contributed by atoms with Gasteiger partial charge < -0.3 is 4.98 Å². The van der Waals surface area contributed by atoms with Gasteiger partial charge in [0.05, 0.1) is 17.8 Å². The number of nitrogens with zero attached hydrogens (tertiary/aromatic N) is 3. The van der Waals surface area contributed by atoms with E-state index in [2.05, 4.69) is 32.3 Å². The standard InChI is InChI=1S/C14H22N6/c15-18-13(14-16-7-8-17-14)10-11-6-9-20(19-11)12-4-2-1-3-5-12/h6-9,12-13,18H,1-5,10,15H2,(H,16,17). The van der Waals surface area contributed by atoms with Crippen molar-refractivity contribution in [2.24, 2.45) is 5.84 Å². The molecule has 108 valence electrons. The summed E-state index contributed by atoms with van der Waals surface area (Å²) >= 11 is 0. The molecular formula is C14H22N6. The highest BCUT2D eigenvalue weighted by atomic mass is 15.3. The molecule has 20 heavy (non-hydrogen) atoms. The van der Waals surface area contributed by atoms with Crippen molar-refractivity contribution >= 4 is 0 Å². The van der Waals surface area contributed by atoms with Crippen molar-refractivity contribution in [2.75, 3.05) is 0 Å². The molecule has 1 saturated carbocycles. The molecule has 1 atom stereocenters. The van der Waals surface area contributed by atoms with Crippen LogP contribution in [0.4, 0.5) is 0 Å². The zero-order valence-corrected chi connectivity index (χ0v) is 11.6. The largest absolute Gasteiger partial charge is 0.347 e. The third-order valence-electron chi connectivity index (χ3n) is 4.08. The van der Waals surface area contributed by atoms with Crippen LogP contribution in [-0.2, 0) is 6.42 Å². The maximum Gasteiger partial charge on any atom is 0.124 e. The Balaban J connectivity index is 1.67. The molecule has 2 aromatic heterocycles. The van der Waals surface area contributed by atoms with E-state index in [9.17, 15) is 0 Å². The fourth-order valence-corrected chi connectivity index (χ4v) is 2.95. The van der Waals surface area contributed by atoms with Gasteiger partial charge in [0.1, 0.15) is 5.82 Å². The summed E-state index contributed by atoms with van der Waals surface area (Å²) in [7, 11) is 0. The summed E-state index contributed by atoms with van der Waals surface area (Å²) in [5.41, 5.74) is 3.85. The molecule has 4 N–H and O–H groups in total. The second-order valence-corrected chi connectivity index (χ2v) is 5.48. The Kier molecular flexibility index (Phi) is 4.13. The molecule has 6 nitrogen and oxygen atoms in total. The summed E-state index contributed by atoms with van der Waals surface area (Å²) in [4.78, 5) is 7.34. The summed E-state index contributed by atoms with van der Waals surface area (Å²) in [6.07, 6.45) is 12.9. The highest BCUT2D eigenvalue weighted by Crippen LogP contribution is 2.27. The minimum atomic E-state index is -0.0281. The first kappa shape index (κ1) is 13.3. The zero-order valence-electron chi connectivity index (χ0n) is 11.6. The smallest absolute Gasteiger partial charge is 0.124 e. The van der Waals surface area contributed by atoms with Crippen molar-refractivity contribution in [1.82, 2.24) is 25.2 Å². The molecule has 0 aromatic carbocycles. The first-order chi connectivity index (χ1) is 9.86. The van der Waals surface area contributed by atoms with E-state index >= 15 is 0 Å². The van der Waals surface area contributed by atoms with Gasteiger partial charge in [-0.2, -0.15) is 5.10 Å². The van der Waals surface area contributed by atoms with Gasteiger partial charge in [-0.15, -0.1) is 0 Å². The Morgan fingerprint density at radius 1 is 1.40 bits per heavy atom. The Labute approximate surface area is 118 Å². The molecule has 0 spiro atoms. The van der Waals surface area contributed by atoms with E-state index in [1.807, 2.05) is 0 Å².